The molecule has 1 heterocycles. The summed E-state index contributed by atoms with van der Waals surface area (Å²) >= 11 is 0. The Labute approximate surface area is 150 Å². The van der Waals surface area contributed by atoms with E-state index >= 15 is 0 Å². The van der Waals surface area contributed by atoms with E-state index in [0.717, 1.165) is 15.8 Å². The monoisotopic (exact) mass is 344 g/mol. The summed E-state index contributed by atoms with van der Waals surface area (Å²) in [6.45, 7) is 0.308. The number of hydrogen-bond acceptors (Lipinski definition) is 3. The van der Waals surface area contributed by atoms with Gasteiger partial charge in [0.1, 0.15) is 0 Å². The van der Waals surface area contributed by atoms with Crippen molar-refractivity contribution >= 4 is 28.6 Å². The van der Waals surface area contributed by atoms with E-state index in [1.165, 1.54) is 4.90 Å². The van der Waals surface area contributed by atoms with Crippen LogP contribution in [-0.4, -0.2) is 34.7 Å². The molecular formula is C21H16N2O3. The third-order valence-corrected chi connectivity index (χ3v) is 4.55. The highest BCUT2D eigenvalue weighted by atomic mass is 16.2. The minimum Gasteiger partial charge on any atom is -0.323 e. The van der Waals surface area contributed by atoms with E-state index in [1.807, 2.05) is 42.5 Å². The number of carbonyl (C=O) groups excluding carboxylic acids is 3. The van der Waals surface area contributed by atoms with Crippen LogP contribution in [0.2, 0.25) is 0 Å². The Hall–Kier alpha value is -3.47. The van der Waals surface area contributed by atoms with Crippen LogP contribution in [0.15, 0.2) is 66.7 Å². The van der Waals surface area contributed by atoms with Crippen LogP contribution in [-0.2, 0) is 6.54 Å². The molecule has 0 saturated carbocycles. The minimum absolute atomic E-state index is 0.308. The topological polar surface area (TPSA) is 57.7 Å². The quantitative estimate of drug-likeness (QED) is 0.666. The third-order valence-electron chi connectivity index (χ3n) is 4.55. The molecule has 0 fully saturated rings. The van der Waals surface area contributed by atoms with Crippen molar-refractivity contribution in [3.63, 3.8) is 0 Å². The Morgan fingerprint density at radius 1 is 0.846 bits per heavy atom. The van der Waals surface area contributed by atoms with Crippen LogP contribution in [0.4, 0.5) is 4.79 Å². The standard InChI is InChI=1S/C21H16N2O3/c1-22(13-14-7-3-2-4-8-14)21(26)23-19(24)16-11-5-9-15-10-6-12-17(18(15)16)20(23)25/h2-12H,13H2,1H3. The Morgan fingerprint density at radius 2 is 1.42 bits per heavy atom. The first-order chi connectivity index (χ1) is 12.6. The van der Waals surface area contributed by atoms with Crippen LogP contribution in [0.1, 0.15) is 26.3 Å². The summed E-state index contributed by atoms with van der Waals surface area (Å²) in [5, 5.41) is 1.42. The molecule has 0 spiro atoms. The number of rotatable bonds is 2. The zero-order chi connectivity index (χ0) is 18.3. The van der Waals surface area contributed by atoms with Gasteiger partial charge in [0.15, 0.2) is 0 Å². The molecule has 0 unspecified atom stereocenters. The molecule has 26 heavy (non-hydrogen) atoms. The molecule has 3 aromatic rings. The second-order valence-corrected chi connectivity index (χ2v) is 6.28. The van der Waals surface area contributed by atoms with Gasteiger partial charge in [0.25, 0.3) is 11.8 Å². The molecule has 0 bridgehead atoms. The van der Waals surface area contributed by atoms with E-state index < -0.39 is 17.8 Å². The van der Waals surface area contributed by atoms with Crippen molar-refractivity contribution in [3.8, 4) is 0 Å². The highest BCUT2D eigenvalue weighted by Crippen LogP contribution is 2.30. The van der Waals surface area contributed by atoms with E-state index in [9.17, 15) is 14.4 Å². The van der Waals surface area contributed by atoms with Gasteiger partial charge in [0, 0.05) is 30.1 Å². The summed E-state index contributed by atoms with van der Waals surface area (Å²) in [4.78, 5) is 40.7. The lowest BCUT2D eigenvalue weighted by molar-refractivity contribution is 0.0629. The molecule has 5 nitrogen and oxygen atoms in total. The van der Waals surface area contributed by atoms with E-state index in [4.69, 9.17) is 0 Å². The van der Waals surface area contributed by atoms with E-state index in [-0.39, 0.29) is 0 Å². The van der Waals surface area contributed by atoms with Crippen molar-refractivity contribution in [3.05, 3.63) is 83.4 Å². The van der Waals surface area contributed by atoms with Gasteiger partial charge < -0.3 is 4.90 Å². The number of benzene rings is 3. The van der Waals surface area contributed by atoms with Gasteiger partial charge in [0.05, 0.1) is 0 Å². The lowest BCUT2D eigenvalue weighted by Gasteiger charge is -2.29. The van der Waals surface area contributed by atoms with Gasteiger partial charge in [-0.05, 0) is 23.1 Å². The first kappa shape index (κ1) is 16.0. The first-order valence-electron chi connectivity index (χ1n) is 8.27. The van der Waals surface area contributed by atoms with Crippen molar-refractivity contribution in [1.82, 2.24) is 9.80 Å². The summed E-state index contributed by atoms with van der Waals surface area (Å²) in [7, 11) is 1.58. The summed E-state index contributed by atoms with van der Waals surface area (Å²) in [5.41, 5.74) is 1.67. The van der Waals surface area contributed by atoms with Gasteiger partial charge in [-0.15, -0.1) is 0 Å². The fourth-order valence-corrected chi connectivity index (χ4v) is 3.30. The van der Waals surface area contributed by atoms with E-state index in [0.29, 0.717) is 23.1 Å². The molecule has 0 atom stereocenters. The minimum atomic E-state index is -0.629. The molecule has 5 heteroatoms. The molecule has 0 saturated heterocycles. The highest BCUT2D eigenvalue weighted by Gasteiger charge is 2.38. The zero-order valence-corrected chi connectivity index (χ0v) is 14.2. The maximum absolute atomic E-state index is 12.9. The van der Waals surface area contributed by atoms with Crippen molar-refractivity contribution in [2.24, 2.45) is 0 Å². The smallest absolute Gasteiger partial charge is 0.323 e. The Balaban J connectivity index is 1.71. The van der Waals surface area contributed by atoms with Crippen LogP contribution >= 0.6 is 0 Å². The lowest BCUT2D eigenvalue weighted by Crippen LogP contribution is -2.49. The van der Waals surface area contributed by atoms with Crippen LogP contribution in [0.25, 0.3) is 10.8 Å². The molecule has 0 radical (unpaired) electrons. The van der Waals surface area contributed by atoms with Gasteiger partial charge in [-0.2, -0.15) is 4.90 Å². The second-order valence-electron chi connectivity index (χ2n) is 6.28. The fourth-order valence-electron chi connectivity index (χ4n) is 3.30. The van der Waals surface area contributed by atoms with Gasteiger partial charge >= 0.3 is 6.03 Å². The van der Waals surface area contributed by atoms with Gasteiger partial charge in [0.2, 0.25) is 0 Å². The van der Waals surface area contributed by atoms with Gasteiger partial charge in [-0.1, -0.05) is 54.6 Å². The predicted molar refractivity (Wildman–Crippen MR) is 97.8 cm³/mol. The molecule has 4 amide bonds. The van der Waals surface area contributed by atoms with Crippen LogP contribution in [0.5, 0.6) is 0 Å². The van der Waals surface area contributed by atoms with Gasteiger partial charge in [-0.3, -0.25) is 9.59 Å². The summed E-state index contributed by atoms with van der Waals surface area (Å²) in [6.07, 6.45) is 0. The molecule has 0 N–H and O–H groups in total. The normalized spacial score (nSPS) is 13.2. The summed E-state index contributed by atoms with van der Waals surface area (Å²) in [5.74, 6) is -1.16. The van der Waals surface area contributed by atoms with Crippen LogP contribution in [0.3, 0.4) is 0 Å². The Kier molecular flexibility index (Phi) is 3.77. The van der Waals surface area contributed by atoms with Crippen molar-refractivity contribution in [2.75, 3.05) is 7.05 Å². The van der Waals surface area contributed by atoms with Crippen molar-refractivity contribution in [1.29, 1.82) is 0 Å². The predicted octanol–water partition coefficient (Wildman–Crippen LogP) is 3.69. The largest absolute Gasteiger partial charge is 0.334 e. The molecule has 3 aromatic carbocycles. The third kappa shape index (κ3) is 2.45. The van der Waals surface area contributed by atoms with E-state index in [1.54, 1.807) is 31.3 Å². The number of urea groups is 1. The fraction of sp³-hybridized carbons (Fsp3) is 0.0952. The molecule has 4 rings (SSSR count). The molecule has 0 aliphatic carbocycles. The number of imide groups is 3. The average Bonchev–Trinajstić information content (AvgIpc) is 2.66. The van der Waals surface area contributed by atoms with Gasteiger partial charge in [-0.25, -0.2) is 4.79 Å². The van der Waals surface area contributed by atoms with Crippen LogP contribution < -0.4 is 0 Å². The number of nitrogens with zero attached hydrogens (tertiary/aromatic N) is 2. The molecule has 128 valence electrons. The number of hydrogen-bond donors (Lipinski definition) is 0. The highest BCUT2D eigenvalue weighted by molar-refractivity contribution is 6.30. The number of amides is 4. The SMILES string of the molecule is CN(Cc1ccccc1)C(=O)N1C(=O)c2cccc3cccc(c23)C1=O. The first-order valence-corrected chi connectivity index (χ1v) is 8.27. The lowest BCUT2D eigenvalue weighted by atomic mass is 9.94. The maximum Gasteiger partial charge on any atom is 0.334 e. The molecular weight excluding hydrogens is 328 g/mol. The Bertz CT molecular complexity index is 993. The van der Waals surface area contributed by atoms with Crippen molar-refractivity contribution in [2.45, 2.75) is 6.54 Å². The number of carbonyl (C=O) groups is 3. The second kappa shape index (κ2) is 6.11. The summed E-state index contributed by atoms with van der Waals surface area (Å²) < 4.78 is 0. The maximum atomic E-state index is 12.9. The average molecular weight is 344 g/mol. The molecule has 1 aliphatic heterocycles. The molecule has 1 aliphatic rings. The Morgan fingerprint density at radius 3 is 2.00 bits per heavy atom. The van der Waals surface area contributed by atoms with Crippen molar-refractivity contribution < 1.29 is 14.4 Å². The van der Waals surface area contributed by atoms with E-state index in [2.05, 4.69) is 0 Å². The zero-order valence-electron chi connectivity index (χ0n) is 14.2. The molecule has 0 aromatic heterocycles. The van der Waals surface area contributed by atoms with Crippen LogP contribution in [0, 0.1) is 0 Å². The summed E-state index contributed by atoms with van der Waals surface area (Å²) in [6, 6.07) is 19.3.